The Bertz CT molecular complexity index is 500. The average molecular weight is 182 g/mol. The molecule has 0 saturated carbocycles. The minimum Gasteiger partial charge on any atom is -0.496 e. The van der Waals surface area contributed by atoms with Crippen LogP contribution in [0, 0.1) is 5.82 Å². The van der Waals surface area contributed by atoms with Gasteiger partial charge in [-0.3, -0.25) is 15.0 Å². The highest BCUT2D eigenvalue weighted by molar-refractivity contribution is 5.84. The zero-order valence-electron chi connectivity index (χ0n) is 6.85. The first kappa shape index (κ1) is 7.85. The van der Waals surface area contributed by atoms with Crippen LogP contribution in [-0.2, 0) is 0 Å². The molecule has 2 rings (SSSR count). The SMILES string of the molecule is COc1cc(F)cc2[nH][nH]c(=O)c12. The lowest BCUT2D eigenvalue weighted by molar-refractivity contribution is 0.416. The van der Waals surface area contributed by atoms with Crippen molar-refractivity contribution in [3.05, 3.63) is 28.3 Å². The molecule has 0 unspecified atom stereocenters. The van der Waals surface area contributed by atoms with Crippen LogP contribution < -0.4 is 10.3 Å². The maximum Gasteiger partial charge on any atom is 0.275 e. The molecule has 0 bridgehead atoms. The van der Waals surface area contributed by atoms with Crippen LogP contribution >= 0.6 is 0 Å². The smallest absolute Gasteiger partial charge is 0.275 e. The van der Waals surface area contributed by atoms with Crippen LogP contribution in [0.25, 0.3) is 10.9 Å². The number of methoxy groups -OCH3 is 1. The number of ether oxygens (including phenoxy) is 1. The van der Waals surface area contributed by atoms with Crippen molar-refractivity contribution in [2.45, 2.75) is 0 Å². The molecule has 0 aliphatic carbocycles. The minimum atomic E-state index is -0.445. The van der Waals surface area contributed by atoms with E-state index in [9.17, 15) is 9.18 Å². The standard InChI is InChI=1S/C8H7FN2O2/c1-13-6-3-4(9)2-5-7(6)8(12)11-10-5/h2-3H,1H3,(H2,10,11,12). The third-order valence-corrected chi connectivity index (χ3v) is 1.82. The Kier molecular flexibility index (Phi) is 1.58. The molecule has 0 fully saturated rings. The predicted molar refractivity (Wildman–Crippen MR) is 45.4 cm³/mol. The lowest BCUT2D eigenvalue weighted by atomic mass is 10.2. The highest BCUT2D eigenvalue weighted by atomic mass is 19.1. The summed E-state index contributed by atoms with van der Waals surface area (Å²) in [6.45, 7) is 0. The molecule has 0 amide bonds. The Morgan fingerprint density at radius 3 is 2.85 bits per heavy atom. The van der Waals surface area contributed by atoms with Crippen molar-refractivity contribution >= 4 is 10.9 Å². The average Bonchev–Trinajstić information content (AvgIpc) is 2.46. The fraction of sp³-hybridized carbons (Fsp3) is 0.125. The lowest BCUT2D eigenvalue weighted by Gasteiger charge is -1.99. The minimum absolute atomic E-state index is 0.234. The van der Waals surface area contributed by atoms with Gasteiger partial charge in [-0.2, -0.15) is 0 Å². The molecule has 1 aromatic heterocycles. The summed E-state index contributed by atoms with van der Waals surface area (Å²) in [5, 5.41) is 5.23. The second-order valence-electron chi connectivity index (χ2n) is 2.61. The number of aromatic nitrogens is 2. The quantitative estimate of drug-likeness (QED) is 0.691. The van der Waals surface area contributed by atoms with Crippen LogP contribution in [0.2, 0.25) is 0 Å². The summed E-state index contributed by atoms with van der Waals surface area (Å²) in [5.41, 5.74) is 0.0914. The second-order valence-corrected chi connectivity index (χ2v) is 2.61. The first-order chi connectivity index (χ1) is 6.22. The van der Waals surface area contributed by atoms with Gasteiger partial charge >= 0.3 is 0 Å². The maximum atomic E-state index is 12.9. The Hall–Kier alpha value is -1.78. The van der Waals surface area contributed by atoms with E-state index in [1.807, 2.05) is 0 Å². The molecule has 0 saturated heterocycles. The number of fused-ring (bicyclic) bond motifs is 1. The van der Waals surface area contributed by atoms with E-state index in [4.69, 9.17) is 4.74 Å². The molecule has 2 aromatic rings. The second kappa shape index (κ2) is 2.62. The van der Waals surface area contributed by atoms with Crippen molar-refractivity contribution in [3.8, 4) is 5.75 Å². The number of rotatable bonds is 1. The van der Waals surface area contributed by atoms with E-state index < -0.39 is 5.82 Å². The monoisotopic (exact) mass is 182 g/mol. The molecule has 2 N–H and O–H groups in total. The summed E-state index contributed by atoms with van der Waals surface area (Å²) in [6, 6.07) is 2.40. The molecule has 0 spiro atoms. The molecular weight excluding hydrogens is 175 g/mol. The van der Waals surface area contributed by atoms with Crippen LogP contribution in [0.1, 0.15) is 0 Å². The van der Waals surface area contributed by atoms with E-state index in [2.05, 4.69) is 10.2 Å². The van der Waals surface area contributed by atoms with Gasteiger partial charge in [0.25, 0.3) is 5.56 Å². The van der Waals surface area contributed by atoms with Crippen molar-refractivity contribution in [2.75, 3.05) is 7.11 Å². The van der Waals surface area contributed by atoms with Gasteiger partial charge in [0, 0.05) is 6.07 Å². The van der Waals surface area contributed by atoms with Gasteiger partial charge in [0.1, 0.15) is 17.0 Å². The molecule has 0 atom stereocenters. The highest BCUT2D eigenvalue weighted by Gasteiger charge is 2.09. The molecule has 1 heterocycles. The third-order valence-electron chi connectivity index (χ3n) is 1.82. The molecular formula is C8H7FN2O2. The number of nitrogens with one attached hydrogen (secondary N) is 2. The van der Waals surface area contributed by atoms with E-state index in [1.165, 1.54) is 19.2 Å². The fourth-order valence-corrected chi connectivity index (χ4v) is 1.26. The Balaban J connectivity index is 2.93. The van der Waals surface area contributed by atoms with Crippen LogP contribution in [0.15, 0.2) is 16.9 Å². The Morgan fingerprint density at radius 2 is 2.15 bits per heavy atom. The molecule has 13 heavy (non-hydrogen) atoms. The van der Waals surface area contributed by atoms with Gasteiger partial charge in [-0.05, 0) is 6.07 Å². The van der Waals surface area contributed by atoms with Crippen molar-refractivity contribution < 1.29 is 9.13 Å². The fourth-order valence-electron chi connectivity index (χ4n) is 1.26. The van der Waals surface area contributed by atoms with Crippen molar-refractivity contribution in [3.63, 3.8) is 0 Å². The maximum absolute atomic E-state index is 12.9. The molecule has 0 aliphatic heterocycles. The zero-order chi connectivity index (χ0) is 9.42. The zero-order valence-corrected chi connectivity index (χ0v) is 6.85. The number of hydrogen-bond acceptors (Lipinski definition) is 2. The van der Waals surface area contributed by atoms with E-state index in [0.29, 0.717) is 10.9 Å². The van der Waals surface area contributed by atoms with Gasteiger partial charge in [-0.1, -0.05) is 0 Å². The molecule has 0 radical (unpaired) electrons. The van der Waals surface area contributed by atoms with E-state index >= 15 is 0 Å². The summed E-state index contributed by atoms with van der Waals surface area (Å²) in [7, 11) is 1.39. The van der Waals surface area contributed by atoms with Crippen LogP contribution in [0.4, 0.5) is 4.39 Å². The first-order valence-corrected chi connectivity index (χ1v) is 3.66. The summed E-state index contributed by atoms with van der Waals surface area (Å²) in [5.74, 6) is -0.211. The van der Waals surface area contributed by atoms with Gasteiger partial charge in [0.15, 0.2) is 0 Å². The van der Waals surface area contributed by atoms with E-state index in [0.717, 1.165) is 0 Å². The van der Waals surface area contributed by atoms with E-state index in [-0.39, 0.29) is 11.3 Å². The largest absolute Gasteiger partial charge is 0.496 e. The summed E-state index contributed by atoms with van der Waals surface area (Å²) >= 11 is 0. The normalized spacial score (nSPS) is 10.6. The number of aromatic amines is 2. The van der Waals surface area contributed by atoms with Gasteiger partial charge in [-0.25, -0.2) is 4.39 Å². The molecule has 5 heteroatoms. The highest BCUT2D eigenvalue weighted by Crippen LogP contribution is 2.21. The Labute approximate surface area is 72.3 Å². The first-order valence-electron chi connectivity index (χ1n) is 3.66. The molecule has 0 aliphatic rings. The van der Waals surface area contributed by atoms with Crippen molar-refractivity contribution in [1.82, 2.24) is 10.2 Å². The van der Waals surface area contributed by atoms with E-state index in [1.54, 1.807) is 0 Å². The predicted octanol–water partition coefficient (Wildman–Crippen LogP) is 1.00. The third kappa shape index (κ3) is 1.09. The molecule has 4 nitrogen and oxygen atoms in total. The number of halogens is 1. The van der Waals surface area contributed by atoms with Crippen LogP contribution in [0.5, 0.6) is 5.75 Å². The van der Waals surface area contributed by atoms with Gasteiger partial charge < -0.3 is 4.74 Å². The molecule has 1 aromatic carbocycles. The van der Waals surface area contributed by atoms with Crippen molar-refractivity contribution in [2.24, 2.45) is 0 Å². The summed E-state index contributed by atoms with van der Waals surface area (Å²) in [6.07, 6.45) is 0. The number of hydrogen-bond donors (Lipinski definition) is 2. The summed E-state index contributed by atoms with van der Waals surface area (Å²) < 4.78 is 17.7. The van der Waals surface area contributed by atoms with Crippen molar-refractivity contribution in [1.29, 1.82) is 0 Å². The lowest BCUT2D eigenvalue weighted by Crippen LogP contribution is -1.99. The van der Waals surface area contributed by atoms with Crippen LogP contribution in [-0.4, -0.2) is 17.3 Å². The summed E-state index contributed by atoms with van der Waals surface area (Å²) in [4.78, 5) is 11.2. The van der Waals surface area contributed by atoms with Gasteiger partial charge in [-0.15, -0.1) is 0 Å². The Morgan fingerprint density at radius 1 is 1.38 bits per heavy atom. The number of H-pyrrole nitrogens is 2. The van der Waals surface area contributed by atoms with Crippen LogP contribution in [0.3, 0.4) is 0 Å². The van der Waals surface area contributed by atoms with Gasteiger partial charge in [0.2, 0.25) is 0 Å². The number of benzene rings is 1. The van der Waals surface area contributed by atoms with Gasteiger partial charge in [0.05, 0.1) is 12.6 Å². The topological polar surface area (TPSA) is 57.9 Å². The molecule has 68 valence electrons.